The van der Waals surface area contributed by atoms with Gasteiger partial charge in [-0.15, -0.1) is 0 Å². The summed E-state index contributed by atoms with van der Waals surface area (Å²) in [5.74, 6) is -0.833. The maximum Gasteiger partial charge on any atom is 0.341 e. The fraction of sp³-hybridized carbons (Fsp3) is 0.167. The lowest BCUT2D eigenvalue weighted by atomic mass is 10.0. The van der Waals surface area contributed by atoms with Gasteiger partial charge in [-0.3, -0.25) is 0 Å². The third kappa shape index (κ3) is 5.91. The maximum absolute atomic E-state index is 13.8. The highest BCUT2D eigenvalue weighted by Gasteiger charge is 2.10. The normalized spacial score (nSPS) is 11.2. The lowest BCUT2D eigenvalue weighted by molar-refractivity contribution is -0.139. The molecule has 0 saturated carbocycles. The number of carboxylic acid groups (broad SMARTS) is 1. The molecule has 0 aliphatic carbocycles. The molecule has 0 bridgehead atoms. The summed E-state index contributed by atoms with van der Waals surface area (Å²) in [7, 11) is 0. The van der Waals surface area contributed by atoms with Gasteiger partial charge in [0.15, 0.2) is 6.61 Å². The largest absolute Gasteiger partial charge is 0.482 e. The summed E-state index contributed by atoms with van der Waals surface area (Å²) in [6, 6.07) is 21.6. The average molecular weight is 407 g/mol. The topological polar surface area (TPSA) is 68.1 Å². The SMILES string of the molecule is Cc1cc(CC(=NOCc2ccccc2F)c2ccccc2)ccc1OCC(=O)O. The van der Waals surface area contributed by atoms with E-state index in [9.17, 15) is 9.18 Å². The van der Waals surface area contributed by atoms with Crippen LogP contribution in [0.25, 0.3) is 0 Å². The van der Waals surface area contributed by atoms with Gasteiger partial charge in [0.2, 0.25) is 0 Å². The Morgan fingerprint density at radius 2 is 1.77 bits per heavy atom. The fourth-order valence-corrected chi connectivity index (χ4v) is 2.93. The molecule has 0 aromatic heterocycles. The Morgan fingerprint density at radius 3 is 2.47 bits per heavy atom. The highest BCUT2D eigenvalue weighted by Crippen LogP contribution is 2.21. The molecule has 3 aromatic carbocycles. The number of hydrogen-bond acceptors (Lipinski definition) is 4. The van der Waals surface area contributed by atoms with Crippen molar-refractivity contribution in [2.24, 2.45) is 5.16 Å². The third-order valence-electron chi connectivity index (χ3n) is 4.42. The van der Waals surface area contributed by atoms with Crippen LogP contribution in [0.3, 0.4) is 0 Å². The fourth-order valence-electron chi connectivity index (χ4n) is 2.93. The summed E-state index contributed by atoms with van der Waals surface area (Å²) in [6.45, 7) is 1.50. The van der Waals surface area contributed by atoms with Crippen LogP contribution in [0.5, 0.6) is 5.75 Å². The monoisotopic (exact) mass is 407 g/mol. The first-order valence-electron chi connectivity index (χ1n) is 9.44. The van der Waals surface area contributed by atoms with E-state index in [1.165, 1.54) is 6.07 Å². The van der Waals surface area contributed by atoms with Crippen molar-refractivity contribution in [3.8, 4) is 5.75 Å². The van der Waals surface area contributed by atoms with Crippen molar-refractivity contribution >= 4 is 11.7 Å². The number of carbonyl (C=O) groups is 1. The minimum absolute atomic E-state index is 0.0317. The number of oxime groups is 1. The van der Waals surface area contributed by atoms with Crippen LogP contribution in [-0.4, -0.2) is 23.4 Å². The number of aliphatic carboxylic acids is 1. The van der Waals surface area contributed by atoms with E-state index in [-0.39, 0.29) is 19.0 Å². The molecule has 0 amide bonds. The van der Waals surface area contributed by atoms with E-state index in [0.717, 1.165) is 16.7 Å². The second-order valence-electron chi connectivity index (χ2n) is 6.73. The molecule has 0 heterocycles. The minimum atomic E-state index is -1.02. The number of halogens is 1. The van der Waals surface area contributed by atoms with Gasteiger partial charge in [-0.2, -0.15) is 0 Å². The van der Waals surface area contributed by atoms with E-state index >= 15 is 0 Å². The number of benzene rings is 3. The van der Waals surface area contributed by atoms with Crippen LogP contribution in [0.1, 0.15) is 22.3 Å². The van der Waals surface area contributed by atoms with Crippen LogP contribution >= 0.6 is 0 Å². The Bertz CT molecular complexity index is 1030. The Morgan fingerprint density at radius 1 is 1.03 bits per heavy atom. The Hall–Kier alpha value is -3.67. The van der Waals surface area contributed by atoms with Gasteiger partial charge in [0.05, 0.1) is 5.71 Å². The van der Waals surface area contributed by atoms with Gasteiger partial charge in [-0.05, 0) is 35.7 Å². The Balaban J connectivity index is 1.77. The van der Waals surface area contributed by atoms with Gasteiger partial charge >= 0.3 is 5.97 Å². The van der Waals surface area contributed by atoms with Gasteiger partial charge in [0.25, 0.3) is 0 Å². The molecule has 0 unspecified atom stereocenters. The number of aryl methyl sites for hydroxylation is 1. The van der Waals surface area contributed by atoms with Crippen molar-refractivity contribution in [3.63, 3.8) is 0 Å². The molecule has 0 radical (unpaired) electrons. The van der Waals surface area contributed by atoms with Crippen molar-refractivity contribution in [1.82, 2.24) is 0 Å². The average Bonchev–Trinajstić information content (AvgIpc) is 2.74. The maximum atomic E-state index is 13.8. The predicted molar refractivity (Wildman–Crippen MR) is 112 cm³/mol. The zero-order chi connectivity index (χ0) is 21.3. The van der Waals surface area contributed by atoms with E-state index in [1.54, 1.807) is 24.3 Å². The second-order valence-corrected chi connectivity index (χ2v) is 6.73. The van der Waals surface area contributed by atoms with E-state index in [4.69, 9.17) is 14.7 Å². The summed E-state index contributed by atoms with van der Waals surface area (Å²) >= 11 is 0. The highest BCUT2D eigenvalue weighted by atomic mass is 19.1. The zero-order valence-electron chi connectivity index (χ0n) is 16.5. The smallest absolute Gasteiger partial charge is 0.341 e. The van der Waals surface area contributed by atoms with Crippen LogP contribution in [0.2, 0.25) is 0 Å². The molecule has 3 rings (SSSR count). The van der Waals surface area contributed by atoms with Crippen molar-refractivity contribution in [2.75, 3.05) is 6.61 Å². The molecular formula is C24H22FNO4. The molecule has 0 fully saturated rings. The molecule has 1 N–H and O–H groups in total. The highest BCUT2D eigenvalue weighted by molar-refractivity contribution is 6.01. The van der Waals surface area contributed by atoms with Gasteiger partial charge in [-0.25, -0.2) is 9.18 Å². The van der Waals surface area contributed by atoms with Crippen molar-refractivity contribution in [1.29, 1.82) is 0 Å². The summed E-state index contributed by atoms with van der Waals surface area (Å²) in [6.07, 6.45) is 0.487. The molecule has 3 aromatic rings. The quantitative estimate of drug-likeness (QED) is 0.410. The van der Waals surface area contributed by atoms with Gasteiger partial charge in [-0.1, -0.05) is 65.8 Å². The lowest BCUT2D eigenvalue weighted by Crippen LogP contribution is -2.10. The molecule has 0 atom stereocenters. The second kappa shape index (κ2) is 10.2. The van der Waals surface area contributed by atoms with E-state index < -0.39 is 5.97 Å². The molecule has 0 aliphatic rings. The molecule has 6 heteroatoms. The van der Waals surface area contributed by atoms with Crippen LogP contribution < -0.4 is 4.74 Å². The van der Waals surface area contributed by atoms with Crippen LogP contribution in [0.4, 0.5) is 4.39 Å². The van der Waals surface area contributed by atoms with Gasteiger partial charge in [0, 0.05) is 12.0 Å². The molecule has 0 aliphatic heterocycles. The van der Waals surface area contributed by atoms with Crippen molar-refractivity contribution in [2.45, 2.75) is 20.0 Å². The van der Waals surface area contributed by atoms with Crippen LogP contribution in [0.15, 0.2) is 78.0 Å². The Labute approximate surface area is 174 Å². The predicted octanol–water partition coefficient (Wildman–Crippen LogP) is 4.76. The standard InChI is InChI=1S/C24H22FNO4/c1-17-13-18(11-12-23(17)29-16-24(27)28)14-22(19-7-3-2-4-8-19)26-30-15-20-9-5-6-10-21(20)25/h2-13H,14-16H2,1H3,(H,27,28). The number of ether oxygens (including phenoxy) is 1. The van der Waals surface area contributed by atoms with Crippen molar-refractivity contribution < 1.29 is 23.9 Å². The molecule has 0 spiro atoms. The molecule has 30 heavy (non-hydrogen) atoms. The lowest BCUT2D eigenvalue weighted by Gasteiger charge is -2.11. The summed E-state index contributed by atoms with van der Waals surface area (Å²) in [5.41, 5.74) is 3.82. The third-order valence-corrected chi connectivity index (χ3v) is 4.42. The molecular weight excluding hydrogens is 385 g/mol. The van der Waals surface area contributed by atoms with E-state index in [0.29, 0.717) is 23.4 Å². The summed E-state index contributed by atoms with van der Waals surface area (Å²) < 4.78 is 19.1. The number of carboxylic acids is 1. The van der Waals surface area contributed by atoms with E-state index in [2.05, 4.69) is 5.16 Å². The van der Waals surface area contributed by atoms with Gasteiger partial charge < -0.3 is 14.7 Å². The van der Waals surface area contributed by atoms with Crippen LogP contribution in [0, 0.1) is 12.7 Å². The van der Waals surface area contributed by atoms with Crippen molar-refractivity contribution in [3.05, 3.63) is 101 Å². The zero-order valence-corrected chi connectivity index (χ0v) is 16.5. The molecule has 0 saturated heterocycles. The number of rotatable bonds is 9. The first kappa shape index (κ1) is 21.0. The summed E-state index contributed by atoms with van der Waals surface area (Å²) in [5, 5.41) is 13.0. The first-order valence-corrected chi connectivity index (χ1v) is 9.44. The molecule has 5 nitrogen and oxygen atoms in total. The number of hydrogen-bond donors (Lipinski definition) is 1. The van der Waals surface area contributed by atoms with E-state index in [1.807, 2.05) is 49.4 Å². The summed E-state index contributed by atoms with van der Waals surface area (Å²) in [4.78, 5) is 16.2. The Kier molecular flexibility index (Phi) is 7.16. The number of nitrogens with zero attached hydrogens (tertiary/aromatic N) is 1. The minimum Gasteiger partial charge on any atom is -0.482 e. The van der Waals surface area contributed by atoms with Gasteiger partial charge in [0.1, 0.15) is 18.2 Å². The van der Waals surface area contributed by atoms with Crippen LogP contribution in [-0.2, 0) is 22.7 Å². The molecule has 154 valence electrons. The first-order chi connectivity index (χ1) is 14.5.